The van der Waals surface area contributed by atoms with Crippen molar-refractivity contribution in [2.75, 3.05) is 18.4 Å². The first-order chi connectivity index (χ1) is 17.3. The number of carbonyl (C=O) groups excluding carboxylic acids is 1. The average Bonchev–Trinajstić information content (AvgIpc) is 3.52. The molecular weight excluding hydrogens is 496 g/mol. The molecule has 0 unspecified atom stereocenters. The molecule has 1 aliphatic heterocycles. The van der Waals surface area contributed by atoms with E-state index in [9.17, 15) is 13.2 Å². The van der Waals surface area contributed by atoms with Gasteiger partial charge < -0.3 is 9.84 Å². The Balaban J connectivity index is 1.29. The second-order valence-electron chi connectivity index (χ2n) is 8.81. The molecule has 3 aromatic heterocycles. The first kappa shape index (κ1) is 24.4. The lowest BCUT2D eigenvalue weighted by Gasteiger charge is -2.30. The molecule has 1 N–H and O–H groups in total. The number of hydrogen-bond acceptors (Lipinski definition) is 7. The number of nitrogens with one attached hydrogen (secondary N) is 1. The molecule has 4 aromatic rings. The number of carbonyl (C=O) groups is 1. The minimum absolute atomic E-state index is 0.0805. The highest BCUT2D eigenvalue weighted by atomic mass is 32.2. The van der Waals surface area contributed by atoms with Crippen molar-refractivity contribution >= 4 is 56.0 Å². The Bertz CT molecular complexity index is 1530. The van der Waals surface area contributed by atoms with Crippen molar-refractivity contribution in [3.8, 4) is 0 Å². The van der Waals surface area contributed by atoms with Gasteiger partial charge in [0.1, 0.15) is 5.69 Å². The van der Waals surface area contributed by atoms with Gasteiger partial charge in [-0.2, -0.15) is 4.31 Å². The van der Waals surface area contributed by atoms with Crippen LogP contribution in [0.25, 0.3) is 23.1 Å². The third kappa shape index (κ3) is 4.84. The molecule has 186 valence electrons. The van der Waals surface area contributed by atoms with Crippen LogP contribution in [0.5, 0.6) is 0 Å². The molecule has 0 spiro atoms. The van der Waals surface area contributed by atoms with Crippen LogP contribution in [0.15, 0.2) is 57.3 Å². The van der Waals surface area contributed by atoms with Gasteiger partial charge in [0.2, 0.25) is 15.9 Å². The largest absolute Gasteiger partial charge is 0.355 e. The fourth-order valence-electron chi connectivity index (χ4n) is 4.48. The Hall–Kier alpha value is -3.34. The van der Waals surface area contributed by atoms with E-state index in [1.165, 1.54) is 4.31 Å². The molecule has 4 heterocycles. The molecule has 1 fully saturated rings. The third-order valence-corrected chi connectivity index (χ3v) is 9.20. The van der Waals surface area contributed by atoms with Gasteiger partial charge in [-0.25, -0.2) is 8.42 Å². The number of thiophene rings is 1. The highest BCUT2D eigenvalue weighted by Crippen LogP contribution is 2.30. The highest BCUT2D eigenvalue weighted by molar-refractivity contribution is 7.89. The molecule has 0 saturated carbocycles. The molecule has 5 rings (SSSR count). The smallest absolute Gasteiger partial charge is 0.248 e. The van der Waals surface area contributed by atoms with Crippen molar-refractivity contribution in [1.82, 2.24) is 14.4 Å². The maximum Gasteiger partial charge on any atom is 0.248 e. The van der Waals surface area contributed by atoms with Crippen LogP contribution in [0.1, 0.15) is 34.9 Å². The number of aryl methyl sites for hydroxylation is 2. The van der Waals surface area contributed by atoms with Crippen molar-refractivity contribution in [2.45, 2.75) is 31.6 Å². The zero-order chi connectivity index (χ0) is 25.3. The van der Waals surface area contributed by atoms with Gasteiger partial charge in [0, 0.05) is 35.0 Å². The monoisotopic (exact) mass is 522 g/mol. The van der Waals surface area contributed by atoms with Gasteiger partial charge in [-0.1, -0.05) is 29.4 Å². The average molecular weight is 523 g/mol. The minimum atomic E-state index is -3.82. The summed E-state index contributed by atoms with van der Waals surface area (Å²) in [5.74, 6) is -0.185. The molecule has 1 saturated heterocycles. The maximum atomic E-state index is 13.5. The van der Waals surface area contributed by atoms with E-state index in [0.29, 0.717) is 18.5 Å². The topological polar surface area (TPSA) is 105 Å². The number of amides is 1. The van der Waals surface area contributed by atoms with Gasteiger partial charge in [-0.15, -0.1) is 11.3 Å². The van der Waals surface area contributed by atoms with E-state index in [0.717, 1.165) is 27.2 Å². The van der Waals surface area contributed by atoms with Gasteiger partial charge in [0.05, 0.1) is 11.2 Å². The Morgan fingerprint density at radius 2 is 1.92 bits per heavy atom. The first-order valence-corrected chi connectivity index (χ1v) is 14.0. The van der Waals surface area contributed by atoms with Crippen molar-refractivity contribution in [3.05, 3.63) is 69.9 Å². The quantitative estimate of drug-likeness (QED) is 0.377. The Labute approximate surface area is 213 Å². The summed E-state index contributed by atoms with van der Waals surface area (Å²) in [6.45, 7) is 4.01. The third-order valence-electron chi connectivity index (χ3n) is 6.30. The highest BCUT2D eigenvalue weighted by Gasteiger charge is 2.36. The lowest BCUT2D eigenvalue weighted by Crippen LogP contribution is -2.41. The molecule has 8 nitrogen and oxygen atoms in total. The van der Waals surface area contributed by atoms with Crippen molar-refractivity contribution < 1.29 is 17.7 Å². The van der Waals surface area contributed by atoms with Gasteiger partial charge >= 0.3 is 0 Å². The van der Waals surface area contributed by atoms with Crippen LogP contribution < -0.4 is 5.32 Å². The number of piperidine rings is 1. The lowest BCUT2D eigenvalue weighted by atomic mass is 9.97. The second-order valence-corrected chi connectivity index (χ2v) is 11.7. The predicted octanol–water partition coefficient (Wildman–Crippen LogP) is 5.11. The number of para-hydroxylation sites is 1. The molecule has 1 amide bonds. The van der Waals surface area contributed by atoms with Crippen molar-refractivity contribution in [3.63, 3.8) is 0 Å². The fraction of sp³-hybridized carbons (Fsp3) is 0.269. The Kier molecular flexibility index (Phi) is 6.74. The molecule has 36 heavy (non-hydrogen) atoms. The van der Waals surface area contributed by atoms with E-state index in [2.05, 4.69) is 15.5 Å². The van der Waals surface area contributed by atoms with E-state index in [1.54, 1.807) is 24.3 Å². The number of aromatic nitrogens is 2. The maximum absolute atomic E-state index is 13.5. The van der Waals surface area contributed by atoms with Gasteiger partial charge in [-0.3, -0.25) is 9.78 Å². The minimum Gasteiger partial charge on any atom is -0.355 e. The standard InChI is InChI=1S/C26H26N4O4S2/c1-17-16-23(21-7-3-4-8-22(21)27-17)28-26(31)19-11-13-30(14-12-19)36(32,33)25-18(2)29-34-24(25)10-9-20-6-5-15-35-20/h3-10,15-16,19H,11-14H2,1-2H3,(H,27,28,31)/b10-9+. The summed E-state index contributed by atoms with van der Waals surface area (Å²) in [4.78, 5) is 18.7. The summed E-state index contributed by atoms with van der Waals surface area (Å²) >= 11 is 1.54. The summed E-state index contributed by atoms with van der Waals surface area (Å²) < 4.78 is 33.7. The zero-order valence-corrected chi connectivity index (χ0v) is 21.6. The normalized spacial score (nSPS) is 15.6. The number of hydrogen-bond donors (Lipinski definition) is 1. The van der Waals surface area contributed by atoms with Crippen LogP contribution in [0.3, 0.4) is 0 Å². The predicted molar refractivity (Wildman–Crippen MR) is 141 cm³/mol. The molecule has 0 bridgehead atoms. The summed E-state index contributed by atoms with van der Waals surface area (Å²) in [6, 6.07) is 13.4. The Morgan fingerprint density at radius 1 is 1.14 bits per heavy atom. The number of sulfonamides is 1. The van der Waals surface area contributed by atoms with Crippen LogP contribution in [-0.4, -0.2) is 41.9 Å². The first-order valence-electron chi connectivity index (χ1n) is 11.7. The van der Waals surface area contributed by atoms with E-state index >= 15 is 0 Å². The molecule has 1 aromatic carbocycles. The number of pyridine rings is 1. The van der Waals surface area contributed by atoms with Crippen LogP contribution in [0.2, 0.25) is 0 Å². The fourth-order valence-corrected chi connectivity index (χ4v) is 6.81. The molecule has 0 aliphatic carbocycles. The number of fused-ring (bicyclic) bond motifs is 1. The van der Waals surface area contributed by atoms with Gasteiger partial charge in [-0.05, 0) is 62.4 Å². The summed E-state index contributed by atoms with van der Waals surface area (Å²) in [5.41, 5.74) is 2.68. The van der Waals surface area contributed by atoms with Gasteiger partial charge in [0.25, 0.3) is 0 Å². The van der Waals surface area contributed by atoms with Crippen LogP contribution in [0, 0.1) is 19.8 Å². The molecule has 0 radical (unpaired) electrons. The molecule has 10 heteroatoms. The SMILES string of the molecule is Cc1cc(NC(=O)C2CCN(S(=O)(=O)c3c(C)noc3/C=C/c3cccs3)CC2)c2ccccc2n1. The number of rotatable bonds is 6. The van der Waals surface area contributed by atoms with E-state index in [-0.39, 0.29) is 35.6 Å². The van der Waals surface area contributed by atoms with E-state index in [1.807, 2.05) is 60.8 Å². The number of anilines is 1. The van der Waals surface area contributed by atoms with Crippen LogP contribution in [-0.2, 0) is 14.8 Å². The van der Waals surface area contributed by atoms with Crippen molar-refractivity contribution in [1.29, 1.82) is 0 Å². The zero-order valence-electron chi connectivity index (χ0n) is 20.0. The van der Waals surface area contributed by atoms with Crippen molar-refractivity contribution in [2.24, 2.45) is 5.92 Å². The van der Waals surface area contributed by atoms with E-state index in [4.69, 9.17) is 4.52 Å². The summed E-state index contributed by atoms with van der Waals surface area (Å²) in [7, 11) is -3.82. The Morgan fingerprint density at radius 3 is 2.67 bits per heavy atom. The summed E-state index contributed by atoms with van der Waals surface area (Å²) in [5, 5.41) is 9.77. The summed E-state index contributed by atoms with van der Waals surface area (Å²) in [6.07, 6.45) is 4.31. The molecule has 0 atom stereocenters. The molecule has 1 aliphatic rings. The lowest BCUT2D eigenvalue weighted by molar-refractivity contribution is -0.120. The van der Waals surface area contributed by atoms with Crippen LogP contribution >= 0.6 is 11.3 Å². The molecular formula is C26H26N4O4S2. The van der Waals surface area contributed by atoms with Gasteiger partial charge in [0.15, 0.2) is 10.7 Å². The number of nitrogens with zero attached hydrogens (tertiary/aromatic N) is 3. The van der Waals surface area contributed by atoms with Crippen LogP contribution in [0.4, 0.5) is 5.69 Å². The van der Waals surface area contributed by atoms with E-state index < -0.39 is 10.0 Å². The second kappa shape index (κ2) is 9.96. The number of benzene rings is 1.